The van der Waals surface area contributed by atoms with Crippen molar-refractivity contribution in [3.8, 4) is 0 Å². The zero-order chi connectivity index (χ0) is 20.5. The van der Waals surface area contributed by atoms with E-state index in [1.54, 1.807) is 19.1 Å². The van der Waals surface area contributed by atoms with Gasteiger partial charge in [-0.2, -0.15) is 5.10 Å². The van der Waals surface area contributed by atoms with Gasteiger partial charge in [0, 0.05) is 17.9 Å². The lowest BCUT2D eigenvalue weighted by molar-refractivity contribution is -0.139. The summed E-state index contributed by atoms with van der Waals surface area (Å²) in [6, 6.07) is 13.9. The van der Waals surface area contributed by atoms with Gasteiger partial charge in [-0.05, 0) is 30.7 Å². The minimum absolute atomic E-state index is 0.0772. The van der Waals surface area contributed by atoms with Crippen LogP contribution in [0.2, 0.25) is 10.0 Å². The summed E-state index contributed by atoms with van der Waals surface area (Å²) < 4.78 is 0. The lowest BCUT2D eigenvalue weighted by atomic mass is 10.2. The van der Waals surface area contributed by atoms with Gasteiger partial charge in [0.25, 0.3) is 0 Å². The van der Waals surface area contributed by atoms with Crippen LogP contribution >= 0.6 is 23.2 Å². The molecule has 0 aliphatic carbocycles. The number of carbonyl (C=O) groups excluding carboxylic acids is 3. The molecule has 3 N–H and O–H groups in total. The SMILES string of the molecule is C/C(CC(=O)Nc1ccc(Cl)c(Cl)c1)=N/NC(=O)C(=O)NCc1ccccc1. The molecule has 7 nitrogen and oxygen atoms in total. The molecule has 3 amide bonds. The zero-order valence-electron chi connectivity index (χ0n) is 15.0. The number of hydrogen-bond donors (Lipinski definition) is 3. The van der Waals surface area contributed by atoms with E-state index in [-0.39, 0.29) is 18.9 Å². The summed E-state index contributed by atoms with van der Waals surface area (Å²) in [6.07, 6.45) is -0.0772. The van der Waals surface area contributed by atoms with Crippen LogP contribution in [0.5, 0.6) is 0 Å². The average Bonchev–Trinajstić information content (AvgIpc) is 2.67. The minimum Gasteiger partial charge on any atom is -0.344 e. The molecule has 146 valence electrons. The zero-order valence-corrected chi connectivity index (χ0v) is 16.5. The number of halogens is 2. The summed E-state index contributed by atoms with van der Waals surface area (Å²) in [6.45, 7) is 1.78. The van der Waals surface area contributed by atoms with Crippen LogP contribution < -0.4 is 16.1 Å². The Bertz CT molecular complexity index is 901. The van der Waals surface area contributed by atoms with Gasteiger partial charge >= 0.3 is 11.8 Å². The molecule has 0 radical (unpaired) electrons. The van der Waals surface area contributed by atoms with Crippen LogP contribution in [-0.4, -0.2) is 23.4 Å². The van der Waals surface area contributed by atoms with Crippen LogP contribution in [0.1, 0.15) is 18.9 Å². The smallest absolute Gasteiger partial charge is 0.329 e. The van der Waals surface area contributed by atoms with Gasteiger partial charge < -0.3 is 10.6 Å². The quantitative estimate of drug-likeness (QED) is 0.380. The van der Waals surface area contributed by atoms with Gasteiger partial charge in [0.15, 0.2) is 0 Å². The van der Waals surface area contributed by atoms with Gasteiger partial charge in [-0.25, -0.2) is 5.43 Å². The highest BCUT2D eigenvalue weighted by atomic mass is 35.5. The molecule has 0 bridgehead atoms. The average molecular weight is 421 g/mol. The predicted octanol–water partition coefficient (Wildman–Crippen LogP) is 3.13. The standard InChI is InChI=1S/C19H18Cl2N4O3/c1-12(9-17(26)23-14-7-8-15(20)16(21)10-14)24-25-19(28)18(27)22-11-13-5-3-2-4-6-13/h2-8,10H,9,11H2,1H3,(H,22,27)(H,23,26)(H,25,28)/b24-12-. The molecule has 0 aromatic heterocycles. The maximum absolute atomic E-state index is 12.0. The van der Waals surface area contributed by atoms with E-state index in [4.69, 9.17) is 23.2 Å². The molecule has 0 atom stereocenters. The number of carbonyl (C=O) groups is 3. The van der Waals surface area contributed by atoms with Crippen molar-refractivity contribution in [2.24, 2.45) is 5.10 Å². The molecule has 0 spiro atoms. The first kappa shape index (κ1) is 21.4. The normalized spacial score (nSPS) is 10.9. The summed E-state index contributed by atoms with van der Waals surface area (Å²) >= 11 is 11.7. The van der Waals surface area contributed by atoms with E-state index in [1.165, 1.54) is 6.07 Å². The highest BCUT2D eigenvalue weighted by Crippen LogP contribution is 2.25. The molecule has 0 saturated carbocycles. The molecule has 28 heavy (non-hydrogen) atoms. The van der Waals surface area contributed by atoms with E-state index in [2.05, 4.69) is 21.2 Å². The molecule has 0 aliphatic rings. The van der Waals surface area contributed by atoms with Crippen molar-refractivity contribution in [1.29, 1.82) is 0 Å². The number of nitrogens with one attached hydrogen (secondary N) is 3. The summed E-state index contributed by atoms with van der Waals surface area (Å²) in [5.74, 6) is -2.09. The lowest BCUT2D eigenvalue weighted by Gasteiger charge is -2.07. The molecular formula is C19H18Cl2N4O3. The van der Waals surface area contributed by atoms with Crippen molar-refractivity contribution in [1.82, 2.24) is 10.7 Å². The number of hydrogen-bond acceptors (Lipinski definition) is 4. The third-order valence-electron chi connectivity index (χ3n) is 3.47. The first-order chi connectivity index (χ1) is 13.3. The van der Waals surface area contributed by atoms with E-state index in [0.717, 1.165) is 5.56 Å². The third-order valence-corrected chi connectivity index (χ3v) is 4.21. The summed E-state index contributed by atoms with van der Waals surface area (Å²) in [5.41, 5.74) is 3.79. The first-order valence-corrected chi connectivity index (χ1v) is 9.01. The van der Waals surface area contributed by atoms with E-state index >= 15 is 0 Å². The fourth-order valence-corrected chi connectivity index (χ4v) is 2.40. The first-order valence-electron chi connectivity index (χ1n) is 8.25. The predicted molar refractivity (Wildman–Crippen MR) is 109 cm³/mol. The molecular weight excluding hydrogens is 403 g/mol. The van der Waals surface area contributed by atoms with Crippen molar-refractivity contribution in [2.75, 3.05) is 5.32 Å². The molecule has 0 heterocycles. The van der Waals surface area contributed by atoms with Crippen LogP contribution in [0, 0.1) is 0 Å². The van der Waals surface area contributed by atoms with Gasteiger partial charge in [0.05, 0.1) is 16.5 Å². The van der Waals surface area contributed by atoms with E-state index in [0.29, 0.717) is 21.4 Å². The van der Waals surface area contributed by atoms with Crippen LogP contribution in [0.4, 0.5) is 5.69 Å². The Morgan fingerprint density at radius 1 is 0.964 bits per heavy atom. The number of benzene rings is 2. The second-order valence-electron chi connectivity index (χ2n) is 5.81. The van der Waals surface area contributed by atoms with Crippen molar-refractivity contribution in [2.45, 2.75) is 19.9 Å². The van der Waals surface area contributed by atoms with Crippen LogP contribution in [-0.2, 0) is 20.9 Å². The Morgan fingerprint density at radius 3 is 2.36 bits per heavy atom. The Hall–Kier alpha value is -2.90. The molecule has 2 aromatic carbocycles. The van der Waals surface area contributed by atoms with Crippen LogP contribution in [0.3, 0.4) is 0 Å². The van der Waals surface area contributed by atoms with Gasteiger partial charge in [0.2, 0.25) is 5.91 Å². The van der Waals surface area contributed by atoms with E-state index in [9.17, 15) is 14.4 Å². The molecule has 2 aromatic rings. The molecule has 0 saturated heterocycles. The fourth-order valence-electron chi connectivity index (χ4n) is 2.11. The molecule has 9 heteroatoms. The largest absolute Gasteiger partial charge is 0.344 e. The molecule has 2 rings (SSSR count). The Kier molecular flexibility index (Phi) is 7.98. The number of amides is 3. The Balaban J connectivity index is 1.78. The fraction of sp³-hybridized carbons (Fsp3) is 0.158. The van der Waals surface area contributed by atoms with Gasteiger partial charge in [-0.15, -0.1) is 0 Å². The maximum atomic E-state index is 12.0. The number of hydrazone groups is 1. The highest BCUT2D eigenvalue weighted by Gasteiger charge is 2.13. The Labute approximate surface area is 172 Å². The van der Waals surface area contributed by atoms with Gasteiger partial charge in [0.1, 0.15) is 0 Å². The third kappa shape index (κ3) is 7.02. The molecule has 0 fully saturated rings. The molecule has 0 unspecified atom stereocenters. The summed E-state index contributed by atoms with van der Waals surface area (Å²) in [4.78, 5) is 35.5. The number of nitrogens with zero attached hydrogens (tertiary/aromatic N) is 1. The number of rotatable bonds is 6. The van der Waals surface area contributed by atoms with Crippen LogP contribution in [0.25, 0.3) is 0 Å². The Morgan fingerprint density at radius 2 is 1.68 bits per heavy atom. The topological polar surface area (TPSA) is 99.7 Å². The highest BCUT2D eigenvalue weighted by molar-refractivity contribution is 6.42. The van der Waals surface area contributed by atoms with Gasteiger partial charge in [-0.1, -0.05) is 53.5 Å². The summed E-state index contributed by atoms with van der Waals surface area (Å²) in [7, 11) is 0. The second kappa shape index (κ2) is 10.4. The maximum Gasteiger partial charge on any atom is 0.329 e. The van der Waals surface area contributed by atoms with Crippen molar-refractivity contribution in [3.05, 3.63) is 64.1 Å². The number of anilines is 1. The van der Waals surface area contributed by atoms with E-state index < -0.39 is 11.8 Å². The summed E-state index contributed by atoms with van der Waals surface area (Å²) in [5, 5.41) is 9.58. The van der Waals surface area contributed by atoms with Gasteiger partial charge in [-0.3, -0.25) is 14.4 Å². The minimum atomic E-state index is -0.917. The van der Waals surface area contributed by atoms with Crippen LogP contribution in [0.15, 0.2) is 53.6 Å². The van der Waals surface area contributed by atoms with E-state index in [1.807, 2.05) is 30.3 Å². The van der Waals surface area contributed by atoms with Crippen molar-refractivity contribution < 1.29 is 14.4 Å². The van der Waals surface area contributed by atoms with Crippen molar-refractivity contribution in [3.63, 3.8) is 0 Å². The monoisotopic (exact) mass is 420 g/mol. The second-order valence-corrected chi connectivity index (χ2v) is 6.62. The lowest BCUT2D eigenvalue weighted by Crippen LogP contribution is -2.37. The van der Waals surface area contributed by atoms with Crippen molar-refractivity contribution >= 4 is 52.3 Å². The molecule has 0 aliphatic heterocycles.